The average Bonchev–Trinajstić information content (AvgIpc) is 2.25. The molecule has 0 aromatic rings. The fraction of sp³-hybridized carbons (Fsp3) is 1.00. The molecule has 0 radical (unpaired) electrons. The summed E-state index contributed by atoms with van der Waals surface area (Å²) in [6.07, 6.45) is -5.26. The Labute approximate surface area is 99.2 Å². The number of rotatable bonds is 4. The number of hydrogen-bond acceptors (Lipinski definition) is 7. The first-order valence-electron chi connectivity index (χ1n) is 4.64. The van der Waals surface area contributed by atoms with Gasteiger partial charge < -0.3 is 24.8 Å². The van der Waals surface area contributed by atoms with Gasteiger partial charge in [0.05, 0.1) is 12.7 Å². The van der Waals surface area contributed by atoms with Crippen molar-refractivity contribution in [1.82, 2.24) is 0 Å². The van der Waals surface area contributed by atoms with E-state index in [-0.39, 0.29) is 5.75 Å². The number of aliphatic hydroxyl groups excluding tert-OH is 3. The maximum absolute atomic E-state index is 9.54. The fourth-order valence-electron chi connectivity index (χ4n) is 1.37. The van der Waals surface area contributed by atoms with E-state index < -0.39 is 30.7 Å². The molecular formula is C8H16O5S2. The first-order valence-corrected chi connectivity index (χ1v) is 5.91. The summed E-state index contributed by atoms with van der Waals surface area (Å²) in [5.74, 6) is 0.725. The molecule has 90 valence electrons. The monoisotopic (exact) mass is 256 g/mol. The van der Waals surface area contributed by atoms with E-state index in [1.54, 1.807) is 0 Å². The van der Waals surface area contributed by atoms with Crippen molar-refractivity contribution in [1.29, 1.82) is 0 Å². The minimum absolute atomic E-state index is 0.242. The van der Waals surface area contributed by atoms with Crippen molar-refractivity contribution in [2.45, 2.75) is 30.7 Å². The summed E-state index contributed by atoms with van der Waals surface area (Å²) in [6.45, 7) is 0.299. The van der Waals surface area contributed by atoms with Crippen molar-refractivity contribution in [2.24, 2.45) is 0 Å². The predicted molar refractivity (Wildman–Crippen MR) is 60.3 cm³/mol. The van der Waals surface area contributed by atoms with Crippen LogP contribution in [0.15, 0.2) is 0 Å². The van der Waals surface area contributed by atoms with Crippen LogP contribution in [0.3, 0.4) is 0 Å². The van der Waals surface area contributed by atoms with Crippen molar-refractivity contribution >= 4 is 25.3 Å². The van der Waals surface area contributed by atoms with Crippen molar-refractivity contribution in [3.8, 4) is 0 Å². The Hall–Kier alpha value is 0.500. The smallest absolute Gasteiger partial charge is 0.186 e. The van der Waals surface area contributed by atoms with Crippen LogP contribution in [0.25, 0.3) is 0 Å². The Morgan fingerprint density at radius 2 is 1.73 bits per heavy atom. The van der Waals surface area contributed by atoms with Gasteiger partial charge in [-0.25, -0.2) is 0 Å². The molecule has 1 rings (SSSR count). The Kier molecular flexibility index (Phi) is 5.69. The highest BCUT2D eigenvalue weighted by atomic mass is 32.1. The molecule has 1 aliphatic heterocycles. The molecule has 3 N–H and O–H groups in total. The zero-order valence-electron chi connectivity index (χ0n) is 8.06. The summed E-state index contributed by atoms with van der Waals surface area (Å²) in [5.41, 5.74) is 0. The molecule has 0 bridgehead atoms. The zero-order valence-corrected chi connectivity index (χ0v) is 9.85. The zero-order chi connectivity index (χ0) is 11.4. The van der Waals surface area contributed by atoms with Gasteiger partial charge in [-0.2, -0.15) is 25.3 Å². The minimum atomic E-state index is -1.28. The van der Waals surface area contributed by atoms with Crippen LogP contribution in [0.1, 0.15) is 0 Å². The van der Waals surface area contributed by atoms with Crippen molar-refractivity contribution in [3.63, 3.8) is 0 Å². The predicted octanol–water partition coefficient (Wildman–Crippen LogP) is -1.33. The van der Waals surface area contributed by atoms with E-state index in [9.17, 15) is 15.3 Å². The van der Waals surface area contributed by atoms with Crippen molar-refractivity contribution < 1.29 is 24.8 Å². The Morgan fingerprint density at radius 3 is 2.27 bits per heavy atom. The van der Waals surface area contributed by atoms with E-state index in [0.717, 1.165) is 0 Å². The molecule has 0 unspecified atom stereocenters. The number of aliphatic hydroxyl groups is 3. The van der Waals surface area contributed by atoms with E-state index in [4.69, 9.17) is 9.47 Å². The standard InChI is InChI=1S/C8H16O5S2/c9-5-4(3-15)13-8(12-1-2-14)7(11)6(5)10/h4-11,14-15H,1-3H2/t4-,5+,6+,7-,8-/m1/s1. The molecule has 0 aliphatic carbocycles. The number of thiol groups is 2. The van der Waals surface area contributed by atoms with Crippen molar-refractivity contribution in [3.05, 3.63) is 0 Å². The third-order valence-corrected chi connectivity index (χ3v) is 2.76. The van der Waals surface area contributed by atoms with Gasteiger partial charge in [0, 0.05) is 11.5 Å². The summed E-state index contributed by atoms with van der Waals surface area (Å²) in [4.78, 5) is 0. The van der Waals surface area contributed by atoms with Gasteiger partial charge in [0.2, 0.25) is 0 Å². The van der Waals surface area contributed by atoms with E-state index in [0.29, 0.717) is 12.4 Å². The first kappa shape index (κ1) is 13.6. The van der Waals surface area contributed by atoms with Crippen LogP contribution < -0.4 is 0 Å². The van der Waals surface area contributed by atoms with Crippen LogP contribution in [0.4, 0.5) is 0 Å². The molecule has 1 saturated heterocycles. The number of ether oxygens (including phenoxy) is 2. The Bertz CT molecular complexity index is 192. The second kappa shape index (κ2) is 6.29. The lowest BCUT2D eigenvalue weighted by atomic mass is 10.00. The maximum Gasteiger partial charge on any atom is 0.186 e. The quantitative estimate of drug-likeness (QED) is 0.403. The molecule has 0 amide bonds. The molecule has 7 heteroatoms. The minimum Gasteiger partial charge on any atom is -0.388 e. The first-order chi connectivity index (χ1) is 7.11. The highest BCUT2D eigenvalue weighted by Crippen LogP contribution is 2.22. The van der Waals surface area contributed by atoms with Gasteiger partial charge in [0.1, 0.15) is 18.3 Å². The average molecular weight is 256 g/mol. The van der Waals surface area contributed by atoms with Crippen molar-refractivity contribution in [2.75, 3.05) is 18.1 Å². The van der Waals surface area contributed by atoms with Crippen LogP contribution >= 0.6 is 25.3 Å². The molecule has 1 fully saturated rings. The topological polar surface area (TPSA) is 79.2 Å². The largest absolute Gasteiger partial charge is 0.388 e. The Morgan fingerprint density at radius 1 is 1.07 bits per heavy atom. The van der Waals surface area contributed by atoms with Crippen LogP contribution in [0, 0.1) is 0 Å². The normalized spacial score (nSPS) is 41.8. The van der Waals surface area contributed by atoms with Crippen LogP contribution in [0.5, 0.6) is 0 Å². The molecule has 5 atom stereocenters. The molecule has 0 saturated carbocycles. The summed E-state index contributed by atoms with van der Waals surface area (Å²) >= 11 is 7.92. The van der Waals surface area contributed by atoms with Crippen LogP contribution in [0.2, 0.25) is 0 Å². The van der Waals surface area contributed by atoms with Crippen LogP contribution in [-0.4, -0.2) is 64.1 Å². The second-order valence-corrected chi connectivity index (χ2v) is 4.10. The Balaban J connectivity index is 2.57. The van der Waals surface area contributed by atoms with Gasteiger partial charge in [-0.15, -0.1) is 0 Å². The molecular weight excluding hydrogens is 240 g/mol. The highest BCUT2D eigenvalue weighted by molar-refractivity contribution is 7.80. The van der Waals surface area contributed by atoms with Gasteiger partial charge in [-0.1, -0.05) is 0 Å². The molecule has 1 heterocycles. The van der Waals surface area contributed by atoms with Gasteiger partial charge in [0.15, 0.2) is 6.29 Å². The molecule has 5 nitrogen and oxygen atoms in total. The van der Waals surface area contributed by atoms with E-state index in [1.807, 2.05) is 0 Å². The van der Waals surface area contributed by atoms with Gasteiger partial charge in [-0.05, 0) is 0 Å². The third kappa shape index (κ3) is 3.23. The molecule has 0 aromatic heterocycles. The van der Waals surface area contributed by atoms with Gasteiger partial charge in [0.25, 0.3) is 0 Å². The molecule has 15 heavy (non-hydrogen) atoms. The molecule has 0 spiro atoms. The lowest BCUT2D eigenvalue weighted by Crippen LogP contribution is -2.58. The SMILES string of the molecule is O[C@H]1[C@@H](O)[C@@H](CS)O[C@@H](OCCS)[C@@H]1O. The third-order valence-electron chi connectivity index (χ3n) is 2.22. The summed E-state index contributed by atoms with van der Waals surface area (Å²) in [5, 5.41) is 28.5. The van der Waals surface area contributed by atoms with Crippen LogP contribution in [-0.2, 0) is 9.47 Å². The molecule has 1 aliphatic rings. The van der Waals surface area contributed by atoms with Gasteiger partial charge in [-0.3, -0.25) is 0 Å². The lowest BCUT2D eigenvalue weighted by Gasteiger charge is -2.39. The fourth-order valence-corrected chi connectivity index (χ4v) is 1.78. The summed E-state index contributed by atoms with van der Waals surface area (Å²) in [6, 6.07) is 0. The number of hydrogen-bond donors (Lipinski definition) is 5. The van der Waals surface area contributed by atoms with E-state index >= 15 is 0 Å². The summed E-state index contributed by atoms with van der Waals surface area (Å²) in [7, 11) is 0. The lowest BCUT2D eigenvalue weighted by molar-refractivity contribution is -0.290. The maximum atomic E-state index is 9.54. The summed E-state index contributed by atoms with van der Waals surface area (Å²) < 4.78 is 10.4. The van der Waals surface area contributed by atoms with E-state index in [2.05, 4.69) is 25.3 Å². The molecule has 0 aromatic carbocycles. The van der Waals surface area contributed by atoms with E-state index in [1.165, 1.54) is 0 Å². The highest BCUT2D eigenvalue weighted by Gasteiger charge is 2.43. The van der Waals surface area contributed by atoms with Gasteiger partial charge >= 0.3 is 0 Å². The second-order valence-electron chi connectivity index (χ2n) is 3.29.